The van der Waals surface area contributed by atoms with E-state index in [0.717, 1.165) is 17.0 Å². The Bertz CT molecular complexity index is 1500. The van der Waals surface area contributed by atoms with Crippen molar-refractivity contribution in [3.8, 4) is 0 Å². The Labute approximate surface area is 210 Å². The maximum atomic E-state index is 13.5. The molecule has 3 aromatic carbocycles. The highest BCUT2D eigenvalue weighted by atomic mass is 35.5. The second-order valence-electron chi connectivity index (χ2n) is 7.95. The number of hydrogen-bond donors (Lipinski definition) is 1. The molecule has 35 heavy (non-hydrogen) atoms. The quantitative estimate of drug-likeness (QED) is 0.399. The van der Waals surface area contributed by atoms with Crippen LogP contribution in [0.25, 0.3) is 10.2 Å². The van der Waals surface area contributed by atoms with Gasteiger partial charge in [-0.1, -0.05) is 41.1 Å². The SMILES string of the molecule is O=C(Nc1nc2ccc(F)cc2s1)c1cc(S(=O)(=O)N2CCN(c3ccccc3)CC2)ccc1Cl. The zero-order chi connectivity index (χ0) is 24.6. The molecule has 4 aromatic rings. The number of nitrogens with one attached hydrogen (secondary N) is 1. The third kappa shape index (κ3) is 4.87. The van der Waals surface area contributed by atoms with Crippen LogP contribution in [-0.2, 0) is 10.0 Å². The number of amides is 1. The zero-order valence-corrected chi connectivity index (χ0v) is 20.7. The fourth-order valence-electron chi connectivity index (χ4n) is 3.93. The number of hydrogen-bond acceptors (Lipinski definition) is 6. The van der Waals surface area contributed by atoms with Crippen LogP contribution in [0.1, 0.15) is 10.4 Å². The molecule has 0 spiro atoms. The third-order valence-corrected chi connectivity index (χ3v) is 8.91. The molecule has 1 aromatic heterocycles. The largest absolute Gasteiger partial charge is 0.369 e. The number of nitrogens with zero attached hydrogens (tertiary/aromatic N) is 3. The Morgan fingerprint density at radius 3 is 2.49 bits per heavy atom. The monoisotopic (exact) mass is 530 g/mol. The van der Waals surface area contributed by atoms with E-state index in [-0.39, 0.29) is 20.6 Å². The lowest BCUT2D eigenvalue weighted by Gasteiger charge is -2.35. The van der Waals surface area contributed by atoms with Gasteiger partial charge in [0, 0.05) is 31.9 Å². The van der Waals surface area contributed by atoms with Crippen LogP contribution in [0.5, 0.6) is 0 Å². The van der Waals surface area contributed by atoms with E-state index in [4.69, 9.17) is 11.6 Å². The molecular formula is C24H20ClFN4O3S2. The number of sulfonamides is 1. The molecule has 7 nitrogen and oxygen atoms in total. The number of benzene rings is 3. The molecule has 1 aliphatic heterocycles. The number of para-hydroxylation sites is 1. The van der Waals surface area contributed by atoms with Crippen molar-refractivity contribution in [2.24, 2.45) is 0 Å². The van der Waals surface area contributed by atoms with Crippen LogP contribution in [0, 0.1) is 5.82 Å². The Balaban J connectivity index is 1.33. The topological polar surface area (TPSA) is 82.6 Å². The lowest BCUT2D eigenvalue weighted by Crippen LogP contribution is -2.48. The van der Waals surface area contributed by atoms with Gasteiger partial charge in [-0.2, -0.15) is 4.31 Å². The third-order valence-electron chi connectivity index (χ3n) is 5.75. The molecule has 0 atom stereocenters. The molecule has 2 heterocycles. The summed E-state index contributed by atoms with van der Waals surface area (Å²) in [5.74, 6) is -0.995. The van der Waals surface area contributed by atoms with E-state index in [1.807, 2.05) is 30.3 Å². The summed E-state index contributed by atoms with van der Waals surface area (Å²) in [6.07, 6.45) is 0. The van der Waals surface area contributed by atoms with Gasteiger partial charge in [-0.05, 0) is 48.5 Å². The average Bonchev–Trinajstić information content (AvgIpc) is 3.26. The van der Waals surface area contributed by atoms with Crippen molar-refractivity contribution in [3.63, 3.8) is 0 Å². The van der Waals surface area contributed by atoms with E-state index in [0.29, 0.717) is 36.4 Å². The van der Waals surface area contributed by atoms with Crippen LogP contribution in [-0.4, -0.2) is 49.8 Å². The van der Waals surface area contributed by atoms with E-state index in [1.54, 1.807) is 0 Å². The zero-order valence-electron chi connectivity index (χ0n) is 18.3. The molecule has 1 N–H and O–H groups in total. The van der Waals surface area contributed by atoms with Gasteiger partial charge in [-0.15, -0.1) is 0 Å². The Morgan fingerprint density at radius 1 is 1.00 bits per heavy atom. The molecule has 11 heteroatoms. The summed E-state index contributed by atoms with van der Waals surface area (Å²) in [6, 6.07) is 18.1. The molecule has 1 fully saturated rings. The number of anilines is 2. The van der Waals surface area contributed by atoms with Crippen LogP contribution in [0.15, 0.2) is 71.6 Å². The molecule has 0 bridgehead atoms. The smallest absolute Gasteiger partial charge is 0.259 e. The van der Waals surface area contributed by atoms with Gasteiger partial charge in [0.05, 0.1) is 25.7 Å². The first-order valence-electron chi connectivity index (χ1n) is 10.8. The Hall–Kier alpha value is -3.05. The van der Waals surface area contributed by atoms with Crippen molar-refractivity contribution in [1.82, 2.24) is 9.29 Å². The molecule has 0 aliphatic carbocycles. The van der Waals surface area contributed by atoms with E-state index in [1.165, 1.54) is 40.7 Å². The van der Waals surface area contributed by atoms with Crippen molar-refractivity contribution in [2.45, 2.75) is 4.90 Å². The van der Waals surface area contributed by atoms with Gasteiger partial charge in [-0.25, -0.2) is 17.8 Å². The fourth-order valence-corrected chi connectivity index (χ4v) is 6.47. The summed E-state index contributed by atoms with van der Waals surface area (Å²) >= 11 is 7.35. The van der Waals surface area contributed by atoms with Gasteiger partial charge in [0.15, 0.2) is 5.13 Å². The van der Waals surface area contributed by atoms with Crippen LogP contribution in [0.4, 0.5) is 15.2 Å². The summed E-state index contributed by atoms with van der Waals surface area (Å²) in [6.45, 7) is 1.76. The summed E-state index contributed by atoms with van der Waals surface area (Å²) in [7, 11) is -3.83. The first-order valence-corrected chi connectivity index (χ1v) is 13.4. The van der Waals surface area contributed by atoms with E-state index >= 15 is 0 Å². The second-order valence-corrected chi connectivity index (χ2v) is 11.3. The van der Waals surface area contributed by atoms with E-state index in [2.05, 4.69) is 15.2 Å². The number of piperazine rings is 1. The normalized spacial score (nSPS) is 14.9. The minimum Gasteiger partial charge on any atom is -0.369 e. The predicted molar refractivity (Wildman–Crippen MR) is 136 cm³/mol. The molecule has 5 rings (SSSR count). The number of aromatic nitrogens is 1. The maximum absolute atomic E-state index is 13.5. The highest BCUT2D eigenvalue weighted by Gasteiger charge is 2.29. The van der Waals surface area contributed by atoms with E-state index in [9.17, 15) is 17.6 Å². The number of carbonyl (C=O) groups is 1. The molecule has 1 amide bonds. The van der Waals surface area contributed by atoms with Gasteiger partial charge >= 0.3 is 0 Å². The van der Waals surface area contributed by atoms with Crippen molar-refractivity contribution >= 4 is 59.9 Å². The number of carbonyl (C=O) groups excluding carboxylic acids is 1. The number of rotatable bonds is 5. The first-order chi connectivity index (χ1) is 16.8. The predicted octanol–water partition coefficient (Wildman–Crippen LogP) is 4.85. The summed E-state index contributed by atoms with van der Waals surface area (Å²) in [5.41, 5.74) is 1.61. The van der Waals surface area contributed by atoms with Crippen molar-refractivity contribution in [3.05, 3.63) is 83.1 Å². The van der Waals surface area contributed by atoms with Crippen molar-refractivity contribution in [2.75, 3.05) is 36.4 Å². The number of halogens is 2. The standard InChI is InChI=1S/C24H20ClFN4O3S2/c25-20-8-7-18(35(32,33)30-12-10-29(11-13-30)17-4-2-1-3-5-17)15-19(20)23(31)28-24-27-21-9-6-16(26)14-22(21)34-24/h1-9,14-15H,10-13H2,(H,27,28,31). The summed E-state index contributed by atoms with van der Waals surface area (Å²) < 4.78 is 42.1. The molecule has 180 valence electrons. The van der Waals surface area contributed by atoms with Gasteiger partial charge in [0.25, 0.3) is 5.91 Å². The van der Waals surface area contributed by atoms with Crippen molar-refractivity contribution in [1.29, 1.82) is 0 Å². The number of fused-ring (bicyclic) bond motifs is 1. The average molecular weight is 531 g/mol. The highest BCUT2D eigenvalue weighted by Crippen LogP contribution is 2.29. The fraction of sp³-hybridized carbons (Fsp3) is 0.167. The second kappa shape index (κ2) is 9.54. The Kier molecular flexibility index (Phi) is 6.45. The molecule has 0 saturated carbocycles. The molecule has 1 saturated heterocycles. The van der Waals surface area contributed by atoms with Gasteiger partial charge in [0.2, 0.25) is 10.0 Å². The van der Waals surface area contributed by atoms with Crippen LogP contribution in [0.2, 0.25) is 5.02 Å². The number of thiazole rings is 1. The van der Waals surface area contributed by atoms with Gasteiger partial charge < -0.3 is 4.90 Å². The lowest BCUT2D eigenvalue weighted by molar-refractivity contribution is 0.102. The van der Waals surface area contributed by atoms with Crippen LogP contribution >= 0.6 is 22.9 Å². The highest BCUT2D eigenvalue weighted by molar-refractivity contribution is 7.89. The maximum Gasteiger partial charge on any atom is 0.259 e. The summed E-state index contributed by atoms with van der Waals surface area (Å²) in [4.78, 5) is 19.3. The van der Waals surface area contributed by atoms with Crippen LogP contribution in [0.3, 0.4) is 0 Å². The van der Waals surface area contributed by atoms with Gasteiger partial charge in [-0.3, -0.25) is 10.1 Å². The molecular weight excluding hydrogens is 511 g/mol. The molecule has 0 radical (unpaired) electrons. The van der Waals surface area contributed by atoms with E-state index < -0.39 is 21.7 Å². The molecule has 0 unspecified atom stereocenters. The summed E-state index contributed by atoms with van der Waals surface area (Å²) in [5, 5.41) is 3.01. The van der Waals surface area contributed by atoms with Gasteiger partial charge in [0.1, 0.15) is 5.82 Å². The van der Waals surface area contributed by atoms with Crippen molar-refractivity contribution < 1.29 is 17.6 Å². The minimum atomic E-state index is -3.83. The molecule has 1 aliphatic rings. The first kappa shape index (κ1) is 23.7. The Morgan fingerprint density at radius 2 is 1.74 bits per heavy atom. The lowest BCUT2D eigenvalue weighted by atomic mass is 10.2. The van der Waals surface area contributed by atoms with Crippen LogP contribution < -0.4 is 10.2 Å². The minimum absolute atomic E-state index is 0.00779.